The minimum Gasteiger partial charge on any atom is -0.467 e. The molecule has 0 aliphatic rings. The van der Waals surface area contributed by atoms with Crippen molar-refractivity contribution in [1.82, 2.24) is 20.3 Å². The van der Waals surface area contributed by atoms with E-state index in [9.17, 15) is 4.79 Å². The number of carbonyl (C=O) groups is 1. The Morgan fingerprint density at radius 2 is 1.95 bits per heavy atom. The first-order chi connectivity index (χ1) is 8.92. The summed E-state index contributed by atoms with van der Waals surface area (Å²) in [6.45, 7) is 3.96. The summed E-state index contributed by atoms with van der Waals surface area (Å²) >= 11 is 0. The largest absolute Gasteiger partial charge is 0.467 e. The minimum absolute atomic E-state index is 0.0850. The van der Waals surface area contributed by atoms with Crippen molar-refractivity contribution >= 4 is 17.8 Å². The first-order valence-corrected chi connectivity index (χ1v) is 5.65. The molecular weight excluding hydrogens is 250 g/mol. The van der Waals surface area contributed by atoms with Crippen LogP contribution >= 0.6 is 0 Å². The van der Waals surface area contributed by atoms with Gasteiger partial charge in [0.1, 0.15) is 0 Å². The maximum Gasteiger partial charge on any atom is 0.322 e. The lowest BCUT2D eigenvalue weighted by Gasteiger charge is -2.22. The summed E-state index contributed by atoms with van der Waals surface area (Å²) in [5.41, 5.74) is 1.71. The van der Waals surface area contributed by atoms with Crippen molar-refractivity contribution in [2.24, 2.45) is 11.3 Å². The lowest BCUT2D eigenvalue weighted by atomic mass is 9.92. The molecule has 0 saturated carbocycles. The normalized spacial score (nSPS) is 10.8. The number of hydrazine groups is 1. The summed E-state index contributed by atoms with van der Waals surface area (Å²) in [5.74, 6) is 5.61. The van der Waals surface area contributed by atoms with E-state index in [1.54, 1.807) is 20.9 Å². The van der Waals surface area contributed by atoms with E-state index < -0.39 is 5.41 Å². The van der Waals surface area contributed by atoms with Crippen LogP contribution in [0.3, 0.4) is 0 Å². The molecule has 0 saturated heterocycles. The molecule has 9 heteroatoms. The Bertz CT molecular complexity index is 427. The highest BCUT2D eigenvalue weighted by molar-refractivity contribution is 5.82. The van der Waals surface area contributed by atoms with Crippen LogP contribution in [-0.4, -0.2) is 41.6 Å². The summed E-state index contributed by atoms with van der Waals surface area (Å²) < 4.78 is 4.92. The second kappa shape index (κ2) is 6.14. The van der Waals surface area contributed by atoms with Crippen LogP contribution in [-0.2, 0) is 4.79 Å². The molecule has 9 nitrogen and oxygen atoms in total. The average Bonchev–Trinajstić information content (AvgIpc) is 2.43. The van der Waals surface area contributed by atoms with Crippen molar-refractivity contribution in [1.29, 1.82) is 0 Å². The number of ether oxygens (including phenoxy) is 1. The fourth-order valence-electron chi connectivity index (χ4n) is 1.31. The second-order valence-corrected chi connectivity index (χ2v) is 4.43. The maximum absolute atomic E-state index is 11.6. The number of rotatable bonds is 6. The zero-order chi connectivity index (χ0) is 14.5. The number of aromatic nitrogens is 3. The van der Waals surface area contributed by atoms with E-state index in [1.165, 1.54) is 7.11 Å². The van der Waals surface area contributed by atoms with Gasteiger partial charge in [-0.15, -0.1) is 0 Å². The molecule has 0 unspecified atom stereocenters. The minimum atomic E-state index is -0.606. The molecule has 0 aliphatic carbocycles. The van der Waals surface area contributed by atoms with Crippen molar-refractivity contribution in [2.75, 3.05) is 31.4 Å². The summed E-state index contributed by atoms with van der Waals surface area (Å²) in [7, 11) is 3.03. The number of nitrogens with one attached hydrogen (secondary N) is 3. The van der Waals surface area contributed by atoms with Crippen molar-refractivity contribution in [3.63, 3.8) is 0 Å². The topological polar surface area (TPSA) is 127 Å². The third-order valence-corrected chi connectivity index (χ3v) is 2.46. The van der Waals surface area contributed by atoms with Gasteiger partial charge in [0.05, 0.1) is 12.5 Å². The van der Waals surface area contributed by atoms with Gasteiger partial charge in [0.15, 0.2) is 0 Å². The Balaban J connectivity index is 2.80. The lowest BCUT2D eigenvalue weighted by Crippen LogP contribution is -2.39. The fraction of sp³-hybridized carbons (Fsp3) is 0.600. The predicted molar refractivity (Wildman–Crippen MR) is 70.5 cm³/mol. The highest BCUT2D eigenvalue weighted by atomic mass is 16.5. The van der Waals surface area contributed by atoms with E-state index in [-0.39, 0.29) is 23.8 Å². The molecule has 1 aromatic rings. The number of nitrogen functional groups attached to an aromatic ring is 1. The molecule has 1 aromatic heterocycles. The van der Waals surface area contributed by atoms with E-state index in [1.807, 2.05) is 0 Å². The van der Waals surface area contributed by atoms with Crippen LogP contribution in [0, 0.1) is 5.41 Å². The van der Waals surface area contributed by atoms with Gasteiger partial charge in [0.2, 0.25) is 17.8 Å². The summed E-state index contributed by atoms with van der Waals surface area (Å²) in [5, 5.41) is 5.55. The van der Waals surface area contributed by atoms with Crippen LogP contribution in [0.1, 0.15) is 13.8 Å². The smallest absolute Gasteiger partial charge is 0.322 e. The second-order valence-electron chi connectivity index (χ2n) is 4.43. The van der Waals surface area contributed by atoms with Crippen LogP contribution in [0.5, 0.6) is 6.01 Å². The number of hydrogen-bond donors (Lipinski definition) is 4. The van der Waals surface area contributed by atoms with Crippen LogP contribution < -0.4 is 26.6 Å². The Morgan fingerprint density at radius 1 is 1.32 bits per heavy atom. The monoisotopic (exact) mass is 269 g/mol. The third-order valence-electron chi connectivity index (χ3n) is 2.46. The van der Waals surface area contributed by atoms with Gasteiger partial charge in [-0.25, -0.2) is 5.84 Å². The number of nitrogens with two attached hydrogens (primary N) is 1. The summed E-state index contributed by atoms with van der Waals surface area (Å²) in [6.07, 6.45) is 0. The molecular formula is C10H19N7O2. The number of nitrogens with zero attached hydrogens (tertiary/aromatic N) is 3. The molecule has 5 N–H and O–H groups in total. The number of hydrogen-bond acceptors (Lipinski definition) is 8. The molecule has 0 aliphatic heterocycles. The van der Waals surface area contributed by atoms with Crippen molar-refractivity contribution in [3.8, 4) is 6.01 Å². The molecule has 19 heavy (non-hydrogen) atoms. The van der Waals surface area contributed by atoms with Crippen LogP contribution in [0.4, 0.5) is 11.9 Å². The van der Waals surface area contributed by atoms with E-state index in [0.717, 1.165) is 0 Å². The SMILES string of the molecule is CNC(=O)C(C)(C)CNc1nc(NN)nc(OC)n1. The first kappa shape index (κ1) is 14.9. The standard InChI is InChI=1S/C10H19N7O2/c1-10(2,6(18)12-3)5-13-7-14-8(17-11)16-9(15-7)19-4/h5,11H2,1-4H3,(H,12,18)(H2,13,14,15,16,17). The van der Waals surface area contributed by atoms with E-state index in [2.05, 4.69) is 31.0 Å². The number of carbonyl (C=O) groups excluding carboxylic acids is 1. The fourth-order valence-corrected chi connectivity index (χ4v) is 1.31. The van der Waals surface area contributed by atoms with Gasteiger partial charge in [-0.05, 0) is 13.8 Å². The van der Waals surface area contributed by atoms with Crippen LogP contribution in [0.2, 0.25) is 0 Å². The summed E-state index contributed by atoms with van der Waals surface area (Å²) in [6, 6.07) is 0.128. The molecule has 0 spiro atoms. The molecule has 0 radical (unpaired) electrons. The van der Waals surface area contributed by atoms with Gasteiger partial charge in [0.25, 0.3) is 0 Å². The third kappa shape index (κ3) is 3.91. The highest BCUT2D eigenvalue weighted by Crippen LogP contribution is 2.17. The van der Waals surface area contributed by atoms with Gasteiger partial charge in [-0.3, -0.25) is 10.2 Å². The van der Waals surface area contributed by atoms with E-state index >= 15 is 0 Å². The molecule has 0 aromatic carbocycles. The quantitative estimate of drug-likeness (QED) is 0.396. The average molecular weight is 269 g/mol. The first-order valence-electron chi connectivity index (χ1n) is 5.65. The molecule has 0 bridgehead atoms. The Hall–Kier alpha value is -2.16. The van der Waals surface area contributed by atoms with Gasteiger partial charge < -0.3 is 15.4 Å². The molecule has 1 amide bonds. The molecule has 1 heterocycles. The Morgan fingerprint density at radius 3 is 2.47 bits per heavy atom. The maximum atomic E-state index is 11.6. The van der Waals surface area contributed by atoms with Gasteiger partial charge in [-0.2, -0.15) is 15.0 Å². The molecule has 106 valence electrons. The molecule has 0 fully saturated rings. The van der Waals surface area contributed by atoms with Crippen molar-refractivity contribution < 1.29 is 9.53 Å². The number of methoxy groups -OCH3 is 1. The van der Waals surface area contributed by atoms with E-state index in [0.29, 0.717) is 6.54 Å². The van der Waals surface area contributed by atoms with Gasteiger partial charge in [-0.1, -0.05) is 0 Å². The summed E-state index contributed by atoms with van der Waals surface area (Å²) in [4.78, 5) is 23.5. The molecule has 0 atom stereocenters. The predicted octanol–water partition coefficient (Wildman–Crippen LogP) is -0.650. The van der Waals surface area contributed by atoms with Gasteiger partial charge >= 0.3 is 6.01 Å². The van der Waals surface area contributed by atoms with Crippen LogP contribution in [0.25, 0.3) is 0 Å². The van der Waals surface area contributed by atoms with Crippen molar-refractivity contribution in [3.05, 3.63) is 0 Å². The Labute approximate surface area is 111 Å². The van der Waals surface area contributed by atoms with E-state index in [4.69, 9.17) is 10.6 Å². The van der Waals surface area contributed by atoms with Crippen molar-refractivity contribution in [2.45, 2.75) is 13.8 Å². The zero-order valence-electron chi connectivity index (χ0n) is 11.4. The zero-order valence-corrected chi connectivity index (χ0v) is 11.4. The number of amides is 1. The number of anilines is 2. The highest BCUT2D eigenvalue weighted by Gasteiger charge is 2.26. The lowest BCUT2D eigenvalue weighted by molar-refractivity contribution is -0.128. The Kier molecular flexibility index (Phi) is 4.81. The van der Waals surface area contributed by atoms with Gasteiger partial charge in [0, 0.05) is 13.6 Å². The van der Waals surface area contributed by atoms with Crippen LogP contribution in [0.15, 0.2) is 0 Å². The molecule has 1 rings (SSSR count).